The Morgan fingerprint density at radius 1 is 1.45 bits per heavy atom. The van der Waals surface area contributed by atoms with Crippen LogP contribution in [-0.2, 0) is 0 Å². The molecular formula is C15H26ClN5O. The van der Waals surface area contributed by atoms with Gasteiger partial charge in [-0.05, 0) is 51.1 Å². The van der Waals surface area contributed by atoms with Crippen LogP contribution >= 0.6 is 12.4 Å². The Morgan fingerprint density at radius 3 is 2.68 bits per heavy atom. The van der Waals surface area contributed by atoms with Gasteiger partial charge in [-0.3, -0.25) is 4.79 Å². The molecule has 1 N–H and O–H groups in total. The summed E-state index contributed by atoms with van der Waals surface area (Å²) >= 11 is 0. The smallest absolute Gasteiger partial charge is 0.276 e. The molecule has 1 atom stereocenters. The number of nitrogens with one attached hydrogen (secondary N) is 1. The zero-order chi connectivity index (χ0) is 15.0. The van der Waals surface area contributed by atoms with Crippen LogP contribution in [0.2, 0.25) is 0 Å². The van der Waals surface area contributed by atoms with Gasteiger partial charge in [-0.2, -0.15) is 0 Å². The molecule has 1 aliphatic heterocycles. The van der Waals surface area contributed by atoms with Gasteiger partial charge in [-0.15, -0.1) is 17.5 Å². The molecule has 2 heterocycles. The van der Waals surface area contributed by atoms with Gasteiger partial charge in [-0.1, -0.05) is 12.1 Å². The van der Waals surface area contributed by atoms with E-state index in [9.17, 15) is 4.79 Å². The summed E-state index contributed by atoms with van der Waals surface area (Å²) in [5.74, 6) is -0.0178. The lowest BCUT2D eigenvalue weighted by Gasteiger charge is -2.29. The Bertz CT molecular complexity index is 522. The number of carbonyl (C=O) groups excluding carboxylic acids is 1. The summed E-state index contributed by atoms with van der Waals surface area (Å²) < 4.78 is 1.87. The maximum Gasteiger partial charge on any atom is 0.276 e. The molecule has 0 radical (unpaired) electrons. The standard InChI is InChI=1S/C15H25N5O.ClH/c1-11(15(2)6-7-15)19(3)14(21)13-10-20(18-17-13)12-4-8-16-9-5-12;/h10-12,16H,4-9H2,1-3H3;1H. The Labute approximate surface area is 138 Å². The van der Waals surface area contributed by atoms with E-state index in [1.54, 1.807) is 0 Å². The second-order valence-corrected chi connectivity index (χ2v) is 6.81. The molecule has 1 aromatic rings. The van der Waals surface area contributed by atoms with E-state index in [1.807, 2.05) is 22.8 Å². The molecular weight excluding hydrogens is 302 g/mol. The monoisotopic (exact) mass is 327 g/mol. The van der Waals surface area contributed by atoms with Gasteiger partial charge in [-0.25, -0.2) is 4.68 Å². The van der Waals surface area contributed by atoms with Crippen LogP contribution in [0.1, 0.15) is 56.1 Å². The number of hydrogen-bond acceptors (Lipinski definition) is 4. The highest BCUT2D eigenvalue weighted by molar-refractivity contribution is 5.92. The van der Waals surface area contributed by atoms with Crippen LogP contribution in [0.25, 0.3) is 0 Å². The van der Waals surface area contributed by atoms with Crippen molar-refractivity contribution in [1.82, 2.24) is 25.2 Å². The molecule has 1 aliphatic carbocycles. The number of piperidine rings is 1. The average Bonchev–Trinajstić information content (AvgIpc) is 3.08. The zero-order valence-electron chi connectivity index (χ0n) is 13.6. The molecule has 6 nitrogen and oxygen atoms in total. The van der Waals surface area contributed by atoms with Crippen molar-refractivity contribution in [3.63, 3.8) is 0 Å². The van der Waals surface area contributed by atoms with E-state index in [0.717, 1.165) is 25.9 Å². The van der Waals surface area contributed by atoms with E-state index in [1.165, 1.54) is 12.8 Å². The van der Waals surface area contributed by atoms with Gasteiger partial charge in [0.25, 0.3) is 5.91 Å². The molecule has 124 valence electrons. The lowest BCUT2D eigenvalue weighted by Crippen LogP contribution is -2.40. The minimum atomic E-state index is -0.0178. The number of rotatable bonds is 4. The fourth-order valence-electron chi connectivity index (χ4n) is 3.06. The van der Waals surface area contributed by atoms with E-state index >= 15 is 0 Å². The molecule has 0 bridgehead atoms. The van der Waals surface area contributed by atoms with Gasteiger partial charge in [0, 0.05) is 13.1 Å². The second kappa shape index (κ2) is 6.54. The molecule has 2 aliphatic rings. The van der Waals surface area contributed by atoms with Crippen LogP contribution in [0.15, 0.2) is 6.20 Å². The fraction of sp³-hybridized carbons (Fsp3) is 0.800. The molecule has 3 rings (SSSR count). The SMILES string of the molecule is CC(N(C)C(=O)c1cn(C2CCNCC2)nn1)C1(C)CC1.Cl. The lowest BCUT2D eigenvalue weighted by molar-refractivity contribution is 0.0678. The topological polar surface area (TPSA) is 63.1 Å². The normalized spacial score (nSPS) is 21.8. The van der Waals surface area contributed by atoms with E-state index in [2.05, 4.69) is 29.5 Å². The molecule has 1 unspecified atom stereocenters. The largest absolute Gasteiger partial charge is 0.337 e. The molecule has 1 saturated carbocycles. The predicted octanol–water partition coefficient (Wildman–Crippen LogP) is 1.88. The maximum absolute atomic E-state index is 12.6. The van der Waals surface area contributed by atoms with Crippen molar-refractivity contribution in [1.29, 1.82) is 0 Å². The molecule has 0 spiro atoms. The molecule has 1 aromatic heterocycles. The van der Waals surface area contributed by atoms with Crippen molar-refractivity contribution >= 4 is 18.3 Å². The zero-order valence-corrected chi connectivity index (χ0v) is 14.4. The van der Waals surface area contributed by atoms with Gasteiger partial charge in [0.1, 0.15) is 0 Å². The fourth-order valence-corrected chi connectivity index (χ4v) is 3.06. The highest BCUT2D eigenvalue weighted by atomic mass is 35.5. The van der Waals surface area contributed by atoms with E-state index in [4.69, 9.17) is 0 Å². The highest BCUT2D eigenvalue weighted by Gasteiger charge is 2.45. The van der Waals surface area contributed by atoms with Crippen LogP contribution < -0.4 is 5.32 Å². The first kappa shape index (κ1) is 17.2. The van der Waals surface area contributed by atoms with Crippen LogP contribution in [0.3, 0.4) is 0 Å². The predicted molar refractivity (Wildman–Crippen MR) is 87.3 cm³/mol. The summed E-state index contributed by atoms with van der Waals surface area (Å²) in [4.78, 5) is 14.4. The summed E-state index contributed by atoms with van der Waals surface area (Å²) in [7, 11) is 1.88. The summed E-state index contributed by atoms with van der Waals surface area (Å²) in [5, 5.41) is 11.6. The Balaban J connectivity index is 0.00000176. The summed E-state index contributed by atoms with van der Waals surface area (Å²) in [6, 6.07) is 0.609. The number of amides is 1. The minimum absolute atomic E-state index is 0. The minimum Gasteiger partial charge on any atom is -0.337 e. The molecule has 0 aromatic carbocycles. The van der Waals surface area contributed by atoms with Crippen molar-refractivity contribution in [2.45, 2.75) is 51.6 Å². The first-order chi connectivity index (χ1) is 10.0. The number of aromatic nitrogens is 3. The quantitative estimate of drug-likeness (QED) is 0.917. The van der Waals surface area contributed by atoms with E-state index in [-0.39, 0.29) is 29.8 Å². The Kier molecular flexibility index (Phi) is 5.12. The van der Waals surface area contributed by atoms with Gasteiger partial charge in [0.2, 0.25) is 0 Å². The average molecular weight is 328 g/mol. The third-order valence-electron chi connectivity index (χ3n) is 5.36. The maximum atomic E-state index is 12.6. The second-order valence-electron chi connectivity index (χ2n) is 6.81. The summed E-state index contributed by atoms with van der Waals surface area (Å²) in [5.41, 5.74) is 0.752. The van der Waals surface area contributed by atoms with Crippen LogP contribution in [0.5, 0.6) is 0 Å². The first-order valence-electron chi connectivity index (χ1n) is 7.91. The summed E-state index contributed by atoms with van der Waals surface area (Å²) in [6.07, 6.45) is 6.31. The first-order valence-corrected chi connectivity index (χ1v) is 7.91. The molecule has 22 heavy (non-hydrogen) atoms. The Hall–Kier alpha value is -1.14. The van der Waals surface area contributed by atoms with Crippen LogP contribution in [-0.4, -0.2) is 52.0 Å². The number of carbonyl (C=O) groups is 1. The van der Waals surface area contributed by atoms with Gasteiger partial charge in [0.15, 0.2) is 5.69 Å². The molecule has 2 fully saturated rings. The number of hydrogen-bond donors (Lipinski definition) is 1. The van der Waals surface area contributed by atoms with Crippen molar-refractivity contribution < 1.29 is 4.79 Å². The highest BCUT2D eigenvalue weighted by Crippen LogP contribution is 2.49. The number of halogens is 1. The van der Waals surface area contributed by atoms with Crippen LogP contribution in [0.4, 0.5) is 0 Å². The third kappa shape index (κ3) is 3.27. The lowest BCUT2D eigenvalue weighted by atomic mass is 9.99. The van der Waals surface area contributed by atoms with Gasteiger partial charge >= 0.3 is 0 Å². The molecule has 1 saturated heterocycles. The van der Waals surface area contributed by atoms with Crippen LogP contribution in [0, 0.1) is 5.41 Å². The van der Waals surface area contributed by atoms with Gasteiger partial charge in [0.05, 0.1) is 12.2 Å². The van der Waals surface area contributed by atoms with Gasteiger partial charge < -0.3 is 10.2 Å². The van der Waals surface area contributed by atoms with E-state index < -0.39 is 0 Å². The Morgan fingerprint density at radius 2 is 2.09 bits per heavy atom. The van der Waals surface area contributed by atoms with Crippen molar-refractivity contribution in [2.75, 3.05) is 20.1 Å². The van der Waals surface area contributed by atoms with Crippen molar-refractivity contribution in [3.05, 3.63) is 11.9 Å². The van der Waals surface area contributed by atoms with E-state index in [0.29, 0.717) is 11.7 Å². The summed E-state index contributed by atoms with van der Waals surface area (Å²) in [6.45, 7) is 6.38. The third-order valence-corrected chi connectivity index (χ3v) is 5.36. The van der Waals surface area contributed by atoms with Crippen molar-refractivity contribution in [3.8, 4) is 0 Å². The molecule has 1 amide bonds. The number of nitrogens with zero attached hydrogens (tertiary/aromatic N) is 4. The van der Waals surface area contributed by atoms with Crippen molar-refractivity contribution in [2.24, 2.45) is 5.41 Å². The molecule has 7 heteroatoms.